The van der Waals surface area contributed by atoms with E-state index in [0.717, 1.165) is 12.1 Å². The fraction of sp³-hybridized carbons (Fsp3) is 0.222. The van der Waals surface area contributed by atoms with Crippen molar-refractivity contribution in [1.82, 2.24) is 16.0 Å². The summed E-state index contributed by atoms with van der Waals surface area (Å²) in [7, 11) is 0. The zero-order valence-electron chi connectivity index (χ0n) is 14.2. The fourth-order valence-electron chi connectivity index (χ4n) is 2.76. The molecular weight excluding hydrogens is 399 g/mol. The summed E-state index contributed by atoms with van der Waals surface area (Å²) in [6, 6.07) is 9.95. The van der Waals surface area contributed by atoms with Crippen LogP contribution in [0.4, 0.5) is 18.0 Å². The zero-order chi connectivity index (χ0) is 20.3. The molecule has 0 bridgehead atoms. The molecule has 1 fully saturated rings. The molecule has 0 saturated carbocycles. The Bertz CT molecular complexity index is 874. The molecule has 0 spiro atoms. The number of benzene rings is 2. The van der Waals surface area contributed by atoms with E-state index in [9.17, 15) is 22.8 Å². The van der Waals surface area contributed by atoms with E-state index < -0.39 is 30.4 Å². The van der Waals surface area contributed by atoms with Gasteiger partial charge in [0.15, 0.2) is 0 Å². The molecule has 148 valence electrons. The molecule has 1 heterocycles. The van der Waals surface area contributed by atoms with E-state index in [-0.39, 0.29) is 12.3 Å². The van der Waals surface area contributed by atoms with Crippen LogP contribution in [0.15, 0.2) is 48.5 Å². The lowest BCUT2D eigenvalue weighted by Crippen LogP contribution is -2.44. The van der Waals surface area contributed by atoms with E-state index in [2.05, 4.69) is 20.7 Å². The van der Waals surface area contributed by atoms with E-state index in [1.54, 1.807) is 24.3 Å². The summed E-state index contributed by atoms with van der Waals surface area (Å²) in [6.45, 7) is 0.130. The number of alkyl halides is 3. The van der Waals surface area contributed by atoms with E-state index in [0.29, 0.717) is 16.1 Å². The largest absolute Gasteiger partial charge is 0.573 e. The summed E-state index contributed by atoms with van der Waals surface area (Å²) in [6.07, 6.45) is -4.80. The summed E-state index contributed by atoms with van der Waals surface area (Å²) in [5.74, 6) is -0.821. The SMILES string of the molecule is O=C1NCC(C(=O)N[C@@H](c2ccc(OC(F)(F)F)cc2)c2cccc(Cl)c2)N1. The third kappa shape index (κ3) is 5.07. The van der Waals surface area contributed by atoms with Crippen molar-refractivity contribution >= 4 is 23.5 Å². The van der Waals surface area contributed by atoms with Gasteiger partial charge in [-0.1, -0.05) is 35.9 Å². The number of hydrogen-bond acceptors (Lipinski definition) is 3. The van der Waals surface area contributed by atoms with Crippen LogP contribution in [-0.4, -0.2) is 30.9 Å². The summed E-state index contributed by atoms with van der Waals surface area (Å²) >= 11 is 6.03. The van der Waals surface area contributed by atoms with Crippen molar-refractivity contribution in [1.29, 1.82) is 0 Å². The number of nitrogens with one attached hydrogen (secondary N) is 3. The molecule has 3 N–H and O–H groups in total. The molecule has 2 atom stereocenters. The van der Waals surface area contributed by atoms with Crippen molar-refractivity contribution < 1.29 is 27.5 Å². The second-order valence-corrected chi connectivity index (χ2v) is 6.46. The molecular formula is C18H15ClF3N3O3. The Labute approximate surface area is 163 Å². The average molecular weight is 414 g/mol. The molecule has 1 saturated heterocycles. The molecule has 10 heteroatoms. The van der Waals surface area contributed by atoms with E-state index in [1.807, 2.05) is 0 Å². The smallest absolute Gasteiger partial charge is 0.406 e. The predicted molar refractivity (Wildman–Crippen MR) is 94.9 cm³/mol. The first-order chi connectivity index (χ1) is 13.2. The van der Waals surface area contributed by atoms with Gasteiger partial charge in [0.2, 0.25) is 5.91 Å². The van der Waals surface area contributed by atoms with Gasteiger partial charge in [0.1, 0.15) is 11.8 Å². The Hall–Kier alpha value is -2.94. The lowest BCUT2D eigenvalue weighted by molar-refractivity contribution is -0.274. The van der Waals surface area contributed by atoms with Crippen LogP contribution in [0.1, 0.15) is 17.2 Å². The predicted octanol–water partition coefficient (Wildman–Crippen LogP) is 3.13. The van der Waals surface area contributed by atoms with Gasteiger partial charge in [-0.15, -0.1) is 13.2 Å². The Morgan fingerprint density at radius 3 is 2.46 bits per heavy atom. The Morgan fingerprint density at radius 2 is 1.89 bits per heavy atom. The summed E-state index contributed by atoms with van der Waals surface area (Å²) in [5.41, 5.74) is 1.14. The monoisotopic (exact) mass is 413 g/mol. The Morgan fingerprint density at radius 1 is 1.18 bits per heavy atom. The van der Waals surface area contributed by atoms with Crippen molar-refractivity contribution in [2.75, 3.05) is 6.54 Å². The van der Waals surface area contributed by atoms with Crippen LogP contribution in [0, 0.1) is 0 Å². The first-order valence-electron chi connectivity index (χ1n) is 8.17. The maximum Gasteiger partial charge on any atom is 0.573 e. The van der Waals surface area contributed by atoms with Gasteiger partial charge in [-0.25, -0.2) is 4.79 Å². The van der Waals surface area contributed by atoms with E-state index in [1.165, 1.54) is 12.1 Å². The van der Waals surface area contributed by atoms with Crippen LogP contribution < -0.4 is 20.7 Å². The maximum absolute atomic E-state index is 12.5. The molecule has 28 heavy (non-hydrogen) atoms. The van der Waals surface area contributed by atoms with Crippen LogP contribution in [0.3, 0.4) is 0 Å². The molecule has 1 aliphatic heterocycles. The number of urea groups is 1. The molecule has 1 unspecified atom stereocenters. The minimum atomic E-state index is -4.80. The molecule has 3 rings (SSSR count). The Balaban J connectivity index is 1.86. The molecule has 0 radical (unpaired) electrons. The molecule has 2 aromatic rings. The van der Waals surface area contributed by atoms with E-state index >= 15 is 0 Å². The van der Waals surface area contributed by atoms with Crippen molar-refractivity contribution in [3.05, 3.63) is 64.7 Å². The molecule has 6 nitrogen and oxygen atoms in total. The number of carbonyl (C=O) groups is 2. The lowest BCUT2D eigenvalue weighted by Gasteiger charge is -2.22. The van der Waals surface area contributed by atoms with Crippen molar-refractivity contribution in [2.45, 2.75) is 18.4 Å². The molecule has 0 aliphatic carbocycles. The van der Waals surface area contributed by atoms with Gasteiger partial charge >= 0.3 is 12.4 Å². The second-order valence-electron chi connectivity index (χ2n) is 6.02. The molecule has 0 aromatic heterocycles. The van der Waals surface area contributed by atoms with Gasteiger partial charge in [-0.2, -0.15) is 0 Å². The first-order valence-corrected chi connectivity index (χ1v) is 8.55. The van der Waals surface area contributed by atoms with Crippen LogP contribution in [0.2, 0.25) is 5.02 Å². The third-order valence-corrected chi connectivity index (χ3v) is 4.24. The highest BCUT2D eigenvalue weighted by Gasteiger charge is 2.32. The summed E-state index contributed by atoms with van der Waals surface area (Å²) in [4.78, 5) is 23.8. The third-order valence-electron chi connectivity index (χ3n) is 4.00. The molecule has 3 amide bonds. The van der Waals surface area contributed by atoms with Crippen LogP contribution in [0.5, 0.6) is 5.75 Å². The number of hydrogen-bond donors (Lipinski definition) is 3. The highest BCUT2D eigenvalue weighted by atomic mass is 35.5. The highest BCUT2D eigenvalue weighted by Crippen LogP contribution is 2.28. The molecule has 2 aromatic carbocycles. The second kappa shape index (κ2) is 7.97. The number of rotatable bonds is 5. The molecule has 1 aliphatic rings. The van der Waals surface area contributed by atoms with E-state index in [4.69, 9.17) is 11.6 Å². The minimum absolute atomic E-state index is 0.130. The first kappa shape index (κ1) is 19.8. The average Bonchev–Trinajstić information content (AvgIpc) is 3.05. The van der Waals surface area contributed by atoms with Crippen LogP contribution in [0.25, 0.3) is 0 Å². The van der Waals surface area contributed by atoms with Gasteiger partial charge in [0, 0.05) is 11.6 Å². The minimum Gasteiger partial charge on any atom is -0.406 e. The fourth-order valence-corrected chi connectivity index (χ4v) is 2.96. The van der Waals surface area contributed by atoms with Crippen molar-refractivity contribution in [3.63, 3.8) is 0 Å². The van der Waals surface area contributed by atoms with Gasteiger partial charge in [0.25, 0.3) is 0 Å². The van der Waals surface area contributed by atoms with Gasteiger partial charge in [0.05, 0.1) is 6.04 Å². The van der Waals surface area contributed by atoms with Crippen molar-refractivity contribution in [3.8, 4) is 5.75 Å². The Kier molecular flexibility index (Phi) is 5.64. The maximum atomic E-state index is 12.5. The lowest BCUT2D eigenvalue weighted by atomic mass is 9.98. The standard InChI is InChI=1S/C18H15ClF3N3O3/c19-12-3-1-2-11(8-12)15(25-16(26)14-9-23-17(27)24-14)10-4-6-13(7-5-10)28-18(20,21)22/h1-8,14-15H,9H2,(H,25,26)(H2,23,24,27)/t14?,15-/m0/s1. The summed E-state index contributed by atoms with van der Waals surface area (Å²) < 4.78 is 40.9. The van der Waals surface area contributed by atoms with Crippen LogP contribution in [-0.2, 0) is 4.79 Å². The zero-order valence-corrected chi connectivity index (χ0v) is 15.0. The van der Waals surface area contributed by atoms with Crippen molar-refractivity contribution in [2.24, 2.45) is 0 Å². The number of halogens is 4. The highest BCUT2D eigenvalue weighted by molar-refractivity contribution is 6.30. The quantitative estimate of drug-likeness (QED) is 0.704. The summed E-state index contributed by atoms with van der Waals surface area (Å²) in [5, 5.41) is 8.19. The van der Waals surface area contributed by atoms with Gasteiger partial charge in [-0.3, -0.25) is 4.79 Å². The normalized spacial score (nSPS) is 17.4. The number of carbonyl (C=O) groups excluding carboxylic acids is 2. The number of amides is 3. The number of ether oxygens (including phenoxy) is 1. The topological polar surface area (TPSA) is 79.5 Å². The van der Waals surface area contributed by atoms with Crippen LogP contribution >= 0.6 is 11.6 Å². The van der Waals surface area contributed by atoms with Gasteiger partial charge < -0.3 is 20.7 Å². The van der Waals surface area contributed by atoms with Gasteiger partial charge in [-0.05, 0) is 35.4 Å².